The molecule has 0 saturated heterocycles. The van der Waals surface area contributed by atoms with Crippen LogP contribution in [0.2, 0.25) is 0 Å². The standard InChI is InChI=1S/C14H20N2O2S/c1-2-8-15-13(17)9-16-14(18)11-19-10-12-6-4-3-5-7-12/h3-7H,2,8-11H2,1H3,(H,15,17)(H,16,18). The molecule has 0 aliphatic rings. The number of rotatable bonds is 8. The molecule has 0 saturated carbocycles. The highest BCUT2D eigenvalue weighted by Gasteiger charge is 2.04. The van der Waals surface area contributed by atoms with Gasteiger partial charge in [-0.3, -0.25) is 9.59 Å². The SMILES string of the molecule is CCCNC(=O)CNC(=O)CSCc1ccccc1. The Morgan fingerprint density at radius 2 is 1.84 bits per heavy atom. The molecule has 0 aliphatic heterocycles. The Balaban J connectivity index is 2.10. The van der Waals surface area contributed by atoms with E-state index in [4.69, 9.17) is 0 Å². The minimum Gasteiger partial charge on any atom is -0.355 e. The second-order valence-electron chi connectivity index (χ2n) is 4.11. The van der Waals surface area contributed by atoms with Crippen LogP contribution in [-0.4, -0.2) is 30.7 Å². The quantitative estimate of drug-likeness (QED) is 0.760. The molecule has 2 amide bonds. The summed E-state index contributed by atoms with van der Waals surface area (Å²) < 4.78 is 0. The van der Waals surface area contributed by atoms with Crippen molar-refractivity contribution in [1.82, 2.24) is 10.6 Å². The normalized spacial score (nSPS) is 9.95. The predicted molar refractivity (Wildman–Crippen MR) is 78.9 cm³/mol. The molecule has 0 radical (unpaired) electrons. The van der Waals surface area contributed by atoms with Gasteiger partial charge in [0.2, 0.25) is 11.8 Å². The van der Waals surface area contributed by atoms with Gasteiger partial charge in [0.25, 0.3) is 0 Å². The van der Waals surface area contributed by atoms with Crippen LogP contribution in [0.3, 0.4) is 0 Å². The minimum atomic E-state index is -0.136. The van der Waals surface area contributed by atoms with E-state index < -0.39 is 0 Å². The van der Waals surface area contributed by atoms with Gasteiger partial charge >= 0.3 is 0 Å². The Kier molecular flexibility index (Phi) is 7.74. The van der Waals surface area contributed by atoms with E-state index in [1.165, 1.54) is 5.56 Å². The van der Waals surface area contributed by atoms with Crippen molar-refractivity contribution in [2.75, 3.05) is 18.8 Å². The first kappa shape index (κ1) is 15.6. The first-order valence-corrected chi connectivity index (χ1v) is 7.53. The predicted octanol–water partition coefficient (Wildman–Crippen LogP) is 1.56. The first-order chi connectivity index (χ1) is 9.22. The molecule has 1 aromatic carbocycles. The van der Waals surface area contributed by atoms with E-state index in [0.29, 0.717) is 12.3 Å². The molecule has 4 nitrogen and oxygen atoms in total. The summed E-state index contributed by atoms with van der Waals surface area (Å²) in [6, 6.07) is 9.99. The lowest BCUT2D eigenvalue weighted by Gasteiger charge is -2.06. The third kappa shape index (κ3) is 7.51. The van der Waals surface area contributed by atoms with Crippen LogP contribution in [0.15, 0.2) is 30.3 Å². The molecule has 0 bridgehead atoms. The summed E-state index contributed by atoms with van der Waals surface area (Å²) in [4.78, 5) is 22.8. The van der Waals surface area contributed by atoms with E-state index >= 15 is 0 Å². The number of amides is 2. The molecule has 0 fully saturated rings. The van der Waals surface area contributed by atoms with Crippen LogP contribution in [0, 0.1) is 0 Å². The Morgan fingerprint density at radius 3 is 2.53 bits per heavy atom. The maximum atomic E-state index is 11.5. The lowest BCUT2D eigenvalue weighted by atomic mass is 10.2. The van der Waals surface area contributed by atoms with E-state index in [9.17, 15) is 9.59 Å². The van der Waals surface area contributed by atoms with Crippen molar-refractivity contribution in [1.29, 1.82) is 0 Å². The lowest BCUT2D eigenvalue weighted by molar-refractivity contribution is -0.124. The average molecular weight is 280 g/mol. The van der Waals surface area contributed by atoms with Gasteiger partial charge in [-0.15, -0.1) is 11.8 Å². The van der Waals surface area contributed by atoms with Crippen LogP contribution in [-0.2, 0) is 15.3 Å². The molecule has 0 spiro atoms. The molecule has 2 N–H and O–H groups in total. The Hall–Kier alpha value is -1.49. The van der Waals surface area contributed by atoms with E-state index in [2.05, 4.69) is 10.6 Å². The summed E-state index contributed by atoms with van der Waals surface area (Å²) in [5, 5.41) is 5.31. The fraction of sp³-hybridized carbons (Fsp3) is 0.429. The largest absolute Gasteiger partial charge is 0.355 e. The summed E-state index contributed by atoms with van der Waals surface area (Å²) in [5.41, 5.74) is 1.20. The third-order valence-corrected chi connectivity index (χ3v) is 3.37. The van der Waals surface area contributed by atoms with Crippen molar-refractivity contribution in [3.63, 3.8) is 0 Å². The zero-order chi connectivity index (χ0) is 13.9. The van der Waals surface area contributed by atoms with Crippen LogP contribution < -0.4 is 10.6 Å². The van der Waals surface area contributed by atoms with E-state index in [0.717, 1.165) is 12.2 Å². The van der Waals surface area contributed by atoms with Gasteiger partial charge < -0.3 is 10.6 Å². The molecular formula is C14H20N2O2S. The molecule has 104 valence electrons. The van der Waals surface area contributed by atoms with Crippen molar-refractivity contribution in [3.8, 4) is 0 Å². The zero-order valence-electron chi connectivity index (χ0n) is 11.1. The van der Waals surface area contributed by atoms with Crippen LogP contribution in [0.5, 0.6) is 0 Å². The Bertz CT molecular complexity index is 396. The molecule has 0 atom stereocenters. The molecule has 1 rings (SSSR count). The molecule has 0 unspecified atom stereocenters. The van der Waals surface area contributed by atoms with Crippen LogP contribution >= 0.6 is 11.8 Å². The third-order valence-electron chi connectivity index (χ3n) is 2.36. The van der Waals surface area contributed by atoms with Crippen LogP contribution in [0.4, 0.5) is 0 Å². The summed E-state index contributed by atoms with van der Waals surface area (Å²) in [5.74, 6) is 0.933. The van der Waals surface area contributed by atoms with Crippen molar-refractivity contribution >= 4 is 23.6 Å². The van der Waals surface area contributed by atoms with Crippen molar-refractivity contribution < 1.29 is 9.59 Å². The number of nitrogens with one attached hydrogen (secondary N) is 2. The second kappa shape index (κ2) is 9.44. The highest BCUT2D eigenvalue weighted by atomic mass is 32.2. The Morgan fingerprint density at radius 1 is 1.11 bits per heavy atom. The second-order valence-corrected chi connectivity index (χ2v) is 5.09. The molecule has 1 aromatic rings. The number of benzene rings is 1. The number of hydrogen-bond donors (Lipinski definition) is 2. The van der Waals surface area contributed by atoms with Gasteiger partial charge in [0, 0.05) is 12.3 Å². The highest BCUT2D eigenvalue weighted by Crippen LogP contribution is 2.10. The van der Waals surface area contributed by atoms with Crippen molar-refractivity contribution in [3.05, 3.63) is 35.9 Å². The molecule has 5 heteroatoms. The van der Waals surface area contributed by atoms with E-state index in [1.54, 1.807) is 11.8 Å². The molecule has 19 heavy (non-hydrogen) atoms. The van der Waals surface area contributed by atoms with Gasteiger partial charge in [-0.25, -0.2) is 0 Å². The van der Waals surface area contributed by atoms with Gasteiger partial charge in [-0.05, 0) is 12.0 Å². The number of thioether (sulfide) groups is 1. The van der Waals surface area contributed by atoms with Gasteiger partial charge in [0.05, 0.1) is 12.3 Å². The summed E-state index contributed by atoms with van der Waals surface area (Å²) >= 11 is 1.54. The Labute approximate surface area is 118 Å². The van der Waals surface area contributed by atoms with Gasteiger partial charge in [-0.2, -0.15) is 0 Å². The van der Waals surface area contributed by atoms with Gasteiger partial charge in [-0.1, -0.05) is 37.3 Å². The topological polar surface area (TPSA) is 58.2 Å². The lowest BCUT2D eigenvalue weighted by Crippen LogP contribution is -2.37. The molecule has 0 heterocycles. The summed E-state index contributed by atoms with van der Waals surface area (Å²) in [7, 11) is 0. The number of carbonyl (C=O) groups excluding carboxylic acids is 2. The highest BCUT2D eigenvalue weighted by molar-refractivity contribution is 7.99. The van der Waals surface area contributed by atoms with Gasteiger partial charge in [0.15, 0.2) is 0 Å². The monoisotopic (exact) mass is 280 g/mol. The fourth-order valence-electron chi connectivity index (χ4n) is 1.39. The first-order valence-electron chi connectivity index (χ1n) is 6.37. The van der Waals surface area contributed by atoms with E-state index in [-0.39, 0.29) is 18.4 Å². The zero-order valence-corrected chi connectivity index (χ0v) is 12.0. The average Bonchev–Trinajstić information content (AvgIpc) is 2.44. The minimum absolute atomic E-state index is 0.0602. The molecule has 0 aliphatic carbocycles. The van der Waals surface area contributed by atoms with Crippen molar-refractivity contribution in [2.45, 2.75) is 19.1 Å². The maximum absolute atomic E-state index is 11.5. The number of hydrogen-bond acceptors (Lipinski definition) is 3. The van der Waals surface area contributed by atoms with Gasteiger partial charge in [0.1, 0.15) is 0 Å². The maximum Gasteiger partial charge on any atom is 0.239 e. The van der Waals surface area contributed by atoms with E-state index in [1.807, 2.05) is 37.3 Å². The smallest absolute Gasteiger partial charge is 0.239 e. The number of carbonyl (C=O) groups is 2. The fourth-order valence-corrected chi connectivity index (χ4v) is 2.21. The molecule has 0 aromatic heterocycles. The summed E-state index contributed by atoms with van der Waals surface area (Å²) in [6.07, 6.45) is 0.895. The summed E-state index contributed by atoms with van der Waals surface area (Å²) in [6.45, 7) is 2.70. The van der Waals surface area contributed by atoms with Crippen LogP contribution in [0.1, 0.15) is 18.9 Å². The molecular weight excluding hydrogens is 260 g/mol. The van der Waals surface area contributed by atoms with Crippen LogP contribution in [0.25, 0.3) is 0 Å². The van der Waals surface area contributed by atoms with Crippen molar-refractivity contribution in [2.24, 2.45) is 0 Å².